The molecule has 1 amide bonds. The summed E-state index contributed by atoms with van der Waals surface area (Å²) in [6.07, 6.45) is 0. The van der Waals surface area contributed by atoms with Crippen LogP contribution in [0.5, 0.6) is 0 Å². The van der Waals surface area contributed by atoms with Crippen LogP contribution in [0, 0.1) is 13.8 Å². The Morgan fingerprint density at radius 1 is 0.935 bits per heavy atom. The smallest absolute Gasteiger partial charge is 0.335 e. The number of fused-ring (bicyclic) bond motifs is 1. The van der Waals surface area contributed by atoms with Crippen molar-refractivity contribution in [1.82, 2.24) is 4.98 Å². The van der Waals surface area contributed by atoms with Gasteiger partial charge in [-0.05, 0) is 73.5 Å². The lowest BCUT2D eigenvalue weighted by molar-refractivity contribution is 0.0696. The molecule has 2 N–H and O–H groups in total. The maximum atomic E-state index is 13.2. The number of carbonyl (C=O) groups is 2. The Labute approximate surface area is 184 Å². The summed E-state index contributed by atoms with van der Waals surface area (Å²) in [6, 6.07) is 19.1. The third kappa shape index (κ3) is 4.27. The third-order valence-electron chi connectivity index (χ3n) is 5.19. The fourth-order valence-corrected chi connectivity index (χ4v) is 3.54. The molecule has 0 saturated heterocycles. The summed E-state index contributed by atoms with van der Waals surface area (Å²) in [6.45, 7) is 4.07. The van der Waals surface area contributed by atoms with Crippen molar-refractivity contribution in [2.45, 2.75) is 13.8 Å². The lowest BCUT2D eigenvalue weighted by Crippen LogP contribution is -2.13. The molecule has 0 fully saturated rings. The highest BCUT2D eigenvalue weighted by Crippen LogP contribution is 2.29. The first-order valence-corrected chi connectivity index (χ1v) is 10.0. The van der Waals surface area contributed by atoms with E-state index in [1.54, 1.807) is 36.4 Å². The number of pyridine rings is 1. The number of nitrogens with one attached hydrogen (secondary N) is 1. The minimum Gasteiger partial charge on any atom is -0.478 e. The zero-order valence-electron chi connectivity index (χ0n) is 16.9. The number of aromatic nitrogens is 1. The van der Waals surface area contributed by atoms with Crippen molar-refractivity contribution in [3.05, 3.63) is 94.0 Å². The van der Waals surface area contributed by atoms with Gasteiger partial charge in [-0.25, -0.2) is 9.78 Å². The first-order valence-electron chi connectivity index (χ1n) is 9.64. The molecular formula is C25H19ClN2O3. The SMILES string of the molecule is Cc1ccc(-c2cc(C(=O)Nc3cccc(C(=O)O)c3)c3cc(Cl)ccc3n2)cc1C. The lowest BCUT2D eigenvalue weighted by atomic mass is 10.0. The van der Waals surface area contributed by atoms with E-state index in [0.717, 1.165) is 11.1 Å². The zero-order chi connectivity index (χ0) is 22.1. The molecule has 0 bridgehead atoms. The van der Waals surface area contributed by atoms with Crippen LogP contribution >= 0.6 is 11.6 Å². The van der Waals surface area contributed by atoms with Gasteiger partial charge in [0.25, 0.3) is 5.91 Å². The van der Waals surface area contributed by atoms with Gasteiger partial charge in [-0.1, -0.05) is 29.8 Å². The second-order valence-electron chi connectivity index (χ2n) is 7.36. The summed E-state index contributed by atoms with van der Waals surface area (Å²) in [7, 11) is 0. The predicted octanol–water partition coefficient (Wildman–Crippen LogP) is 6.12. The summed E-state index contributed by atoms with van der Waals surface area (Å²) in [5.74, 6) is -1.43. The Bertz CT molecular complexity index is 1350. The van der Waals surface area contributed by atoms with Gasteiger partial charge in [0, 0.05) is 21.7 Å². The van der Waals surface area contributed by atoms with Crippen molar-refractivity contribution in [3.8, 4) is 11.3 Å². The number of aryl methyl sites for hydroxylation is 2. The molecule has 1 heterocycles. The van der Waals surface area contributed by atoms with Gasteiger partial charge in [0.15, 0.2) is 0 Å². The van der Waals surface area contributed by atoms with E-state index < -0.39 is 5.97 Å². The average Bonchev–Trinajstić information content (AvgIpc) is 2.75. The first kappa shape index (κ1) is 20.6. The molecule has 3 aromatic carbocycles. The van der Waals surface area contributed by atoms with Gasteiger partial charge >= 0.3 is 5.97 Å². The molecule has 0 spiro atoms. The predicted molar refractivity (Wildman–Crippen MR) is 123 cm³/mol. The van der Waals surface area contributed by atoms with Crippen molar-refractivity contribution in [1.29, 1.82) is 0 Å². The van der Waals surface area contributed by atoms with Crippen LogP contribution in [-0.4, -0.2) is 22.0 Å². The van der Waals surface area contributed by atoms with Crippen molar-refractivity contribution in [2.75, 3.05) is 5.32 Å². The zero-order valence-corrected chi connectivity index (χ0v) is 17.7. The monoisotopic (exact) mass is 430 g/mol. The fraction of sp³-hybridized carbons (Fsp3) is 0.0800. The van der Waals surface area contributed by atoms with E-state index in [0.29, 0.717) is 32.9 Å². The third-order valence-corrected chi connectivity index (χ3v) is 5.42. The van der Waals surface area contributed by atoms with Crippen LogP contribution in [0.4, 0.5) is 5.69 Å². The molecular weight excluding hydrogens is 412 g/mol. The molecule has 6 heteroatoms. The Morgan fingerprint density at radius 2 is 1.74 bits per heavy atom. The van der Waals surface area contributed by atoms with Crippen LogP contribution in [0.3, 0.4) is 0 Å². The van der Waals surface area contributed by atoms with Crippen LogP contribution in [-0.2, 0) is 0 Å². The van der Waals surface area contributed by atoms with E-state index in [1.165, 1.54) is 17.7 Å². The van der Waals surface area contributed by atoms with Gasteiger partial charge in [0.05, 0.1) is 22.3 Å². The number of carbonyl (C=O) groups excluding carboxylic acids is 1. The molecule has 0 saturated carbocycles. The number of hydrogen-bond acceptors (Lipinski definition) is 3. The summed E-state index contributed by atoms with van der Waals surface area (Å²) in [4.78, 5) is 29.2. The second-order valence-corrected chi connectivity index (χ2v) is 7.79. The molecule has 5 nitrogen and oxygen atoms in total. The molecule has 0 radical (unpaired) electrons. The molecule has 154 valence electrons. The van der Waals surface area contributed by atoms with Crippen molar-refractivity contribution in [2.24, 2.45) is 0 Å². The highest BCUT2D eigenvalue weighted by molar-refractivity contribution is 6.31. The molecule has 0 unspecified atom stereocenters. The largest absolute Gasteiger partial charge is 0.478 e. The number of nitrogens with zero attached hydrogens (tertiary/aromatic N) is 1. The molecule has 1 aromatic heterocycles. The number of aromatic carboxylic acids is 1. The number of carboxylic acids is 1. The van der Waals surface area contributed by atoms with Crippen LogP contribution in [0.1, 0.15) is 31.8 Å². The quantitative estimate of drug-likeness (QED) is 0.408. The van der Waals surface area contributed by atoms with E-state index in [-0.39, 0.29) is 11.5 Å². The molecule has 4 rings (SSSR count). The number of carboxylic acid groups (broad SMARTS) is 1. The molecule has 0 aliphatic carbocycles. The summed E-state index contributed by atoms with van der Waals surface area (Å²) >= 11 is 6.18. The molecule has 0 aliphatic heterocycles. The molecule has 0 atom stereocenters. The molecule has 0 aliphatic rings. The first-order chi connectivity index (χ1) is 14.8. The Morgan fingerprint density at radius 3 is 2.48 bits per heavy atom. The Hall–Kier alpha value is -3.70. The van der Waals surface area contributed by atoms with Crippen LogP contribution in [0.25, 0.3) is 22.2 Å². The van der Waals surface area contributed by atoms with Gasteiger partial charge in [0.2, 0.25) is 0 Å². The van der Waals surface area contributed by atoms with Crippen LogP contribution in [0.15, 0.2) is 66.7 Å². The summed E-state index contributed by atoms with van der Waals surface area (Å²) < 4.78 is 0. The van der Waals surface area contributed by atoms with E-state index in [2.05, 4.69) is 5.32 Å². The highest BCUT2D eigenvalue weighted by Gasteiger charge is 2.16. The molecule has 31 heavy (non-hydrogen) atoms. The number of benzene rings is 3. The number of rotatable bonds is 4. The number of hydrogen-bond donors (Lipinski definition) is 2. The normalized spacial score (nSPS) is 10.8. The van der Waals surface area contributed by atoms with Gasteiger partial charge in [-0.15, -0.1) is 0 Å². The van der Waals surface area contributed by atoms with Gasteiger partial charge in [-0.2, -0.15) is 0 Å². The number of amides is 1. The van der Waals surface area contributed by atoms with E-state index in [9.17, 15) is 14.7 Å². The van der Waals surface area contributed by atoms with Gasteiger partial charge in [-0.3, -0.25) is 4.79 Å². The topological polar surface area (TPSA) is 79.3 Å². The second kappa shape index (κ2) is 8.20. The van der Waals surface area contributed by atoms with Crippen molar-refractivity contribution < 1.29 is 14.7 Å². The van der Waals surface area contributed by atoms with E-state index in [1.807, 2.05) is 32.0 Å². The number of anilines is 1. The minimum atomic E-state index is -1.06. The minimum absolute atomic E-state index is 0.0938. The Kier molecular flexibility index (Phi) is 5.44. The van der Waals surface area contributed by atoms with Gasteiger partial charge < -0.3 is 10.4 Å². The van der Waals surface area contributed by atoms with E-state index >= 15 is 0 Å². The maximum absolute atomic E-state index is 13.2. The van der Waals surface area contributed by atoms with Crippen molar-refractivity contribution >= 4 is 40.1 Å². The van der Waals surface area contributed by atoms with Crippen molar-refractivity contribution in [3.63, 3.8) is 0 Å². The Balaban J connectivity index is 1.82. The van der Waals surface area contributed by atoms with E-state index in [4.69, 9.17) is 16.6 Å². The summed E-state index contributed by atoms with van der Waals surface area (Å²) in [5, 5.41) is 13.1. The highest BCUT2D eigenvalue weighted by atomic mass is 35.5. The average molecular weight is 431 g/mol. The fourth-order valence-electron chi connectivity index (χ4n) is 3.36. The van der Waals surface area contributed by atoms with Crippen LogP contribution in [0.2, 0.25) is 5.02 Å². The van der Waals surface area contributed by atoms with Gasteiger partial charge in [0.1, 0.15) is 0 Å². The standard InChI is InChI=1S/C25H19ClN2O3/c1-14-6-7-16(10-15(14)2)23-13-21(20-12-18(26)8-9-22(20)28-23)24(29)27-19-5-3-4-17(11-19)25(30)31/h3-13H,1-2H3,(H,27,29)(H,30,31). The lowest BCUT2D eigenvalue weighted by Gasteiger charge is -2.12. The number of halogens is 1. The maximum Gasteiger partial charge on any atom is 0.335 e. The molecule has 4 aromatic rings. The summed E-state index contributed by atoms with van der Waals surface area (Å²) in [5.41, 5.74) is 5.41. The van der Waals surface area contributed by atoms with Crippen LogP contribution < -0.4 is 5.32 Å².